The molecule has 1 saturated heterocycles. The van der Waals surface area contributed by atoms with Crippen LogP contribution in [0.4, 0.5) is 9.59 Å². The van der Waals surface area contributed by atoms with Crippen molar-refractivity contribution in [3.05, 3.63) is 35.9 Å². The fourth-order valence-electron chi connectivity index (χ4n) is 3.56. The van der Waals surface area contributed by atoms with Crippen molar-refractivity contribution >= 4 is 12.2 Å². The van der Waals surface area contributed by atoms with Crippen LogP contribution in [-0.4, -0.2) is 36.5 Å². The molecule has 3 atom stereocenters. The SMILES string of the molecule is COC(=O)O[C@H]1C[C@@H]2CCC[C@@H]2N1C(=O)OCc1ccccc1. The largest absolute Gasteiger partial charge is 0.509 e. The van der Waals surface area contributed by atoms with Crippen molar-refractivity contribution in [3.8, 4) is 0 Å². The fraction of sp³-hybridized carbons (Fsp3) is 0.529. The zero-order chi connectivity index (χ0) is 16.2. The number of carbonyl (C=O) groups excluding carboxylic acids is 2. The monoisotopic (exact) mass is 319 g/mol. The Kier molecular flexibility index (Phi) is 4.69. The minimum atomic E-state index is -0.768. The average Bonchev–Trinajstić information content (AvgIpc) is 3.14. The van der Waals surface area contributed by atoms with Crippen LogP contribution in [0.3, 0.4) is 0 Å². The molecule has 124 valence electrons. The van der Waals surface area contributed by atoms with Crippen LogP contribution >= 0.6 is 0 Å². The van der Waals surface area contributed by atoms with Crippen molar-refractivity contribution < 1.29 is 23.8 Å². The highest BCUT2D eigenvalue weighted by Crippen LogP contribution is 2.42. The zero-order valence-electron chi connectivity index (χ0n) is 13.1. The van der Waals surface area contributed by atoms with E-state index in [0.29, 0.717) is 12.3 Å². The molecule has 1 aliphatic carbocycles. The molecule has 3 rings (SSSR count). The summed E-state index contributed by atoms with van der Waals surface area (Å²) in [7, 11) is 1.26. The van der Waals surface area contributed by atoms with E-state index in [1.807, 2.05) is 30.3 Å². The summed E-state index contributed by atoms with van der Waals surface area (Å²) in [5.41, 5.74) is 0.924. The van der Waals surface area contributed by atoms with E-state index in [0.717, 1.165) is 24.8 Å². The van der Waals surface area contributed by atoms with Crippen LogP contribution in [0.1, 0.15) is 31.2 Å². The molecule has 0 N–H and O–H groups in total. The van der Waals surface area contributed by atoms with Gasteiger partial charge in [0.05, 0.1) is 7.11 Å². The van der Waals surface area contributed by atoms with E-state index in [4.69, 9.17) is 9.47 Å². The number of rotatable bonds is 3. The summed E-state index contributed by atoms with van der Waals surface area (Å²) in [5.74, 6) is 0.369. The van der Waals surface area contributed by atoms with E-state index in [9.17, 15) is 9.59 Å². The van der Waals surface area contributed by atoms with Crippen LogP contribution in [0.5, 0.6) is 0 Å². The number of ether oxygens (including phenoxy) is 3. The van der Waals surface area contributed by atoms with Crippen molar-refractivity contribution in [2.45, 2.75) is 44.6 Å². The van der Waals surface area contributed by atoms with Crippen LogP contribution in [0.2, 0.25) is 0 Å². The number of fused-ring (bicyclic) bond motifs is 1. The van der Waals surface area contributed by atoms with Crippen molar-refractivity contribution in [2.24, 2.45) is 5.92 Å². The summed E-state index contributed by atoms with van der Waals surface area (Å²) in [6.45, 7) is 0.207. The molecule has 1 aliphatic heterocycles. The Morgan fingerprint density at radius 3 is 2.74 bits per heavy atom. The van der Waals surface area contributed by atoms with Crippen molar-refractivity contribution in [2.75, 3.05) is 7.11 Å². The molecular weight excluding hydrogens is 298 g/mol. The molecule has 0 aromatic heterocycles. The Labute approximate surface area is 135 Å². The predicted octanol–water partition coefficient (Wildman–Crippen LogP) is 3.31. The van der Waals surface area contributed by atoms with Gasteiger partial charge in [-0.3, -0.25) is 4.90 Å². The lowest BCUT2D eigenvalue weighted by Crippen LogP contribution is -2.43. The minimum Gasteiger partial charge on any atom is -0.444 e. The number of likely N-dealkylation sites (tertiary alicyclic amines) is 1. The number of benzene rings is 1. The zero-order valence-corrected chi connectivity index (χ0v) is 13.1. The third kappa shape index (κ3) is 3.41. The summed E-state index contributed by atoms with van der Waals surface area (Å²) in [4.78, 5) is 25.5. The number of hydrogen-bond acceptors (Lipinski definition) is 5. The molecule has 1 amide bonds. The summed E-state index contributed by atoms with van der Waals surface area (Å²) < 4.78 is 15.2. The molecular formula is C17H21NO5. The van der Waals surface area contributed by atoms with Gasteiger partial charge in [0, 0.05) is 12.5 Å². The molecule has 2 fully saturated rings. The first kappa shape index (κ1) is 15.6. The smallest absolute Gasteiger partial charge is 0.444 e. The first-order valence-electron chi connectivity index (χ1n) is 7.92. The first-order valence-corrected chi connectivity index (χ1v) is 7.92. The Bertz CT molecular complexity index is 561. The number of nitrogens with zero attached hydrogens (tertiary/aromatic N) is 1. The number of hydrogen-bond donors (Lipinski definition) is 0. The molecule has 0 bridgehead atoms. The fourth-order valence-corrected chi connectivity index (χ4v) is 3.56. The maximum absolute atomic E-state index is 12.5. The van der Waals surface area contributed by atoms with Gasteiger partial charge in [-0.1, -0.05) is 36.8 Å². The molecule has 1 saturated carbocycles. The van der Waals surface area contributed by atoms with Gasteiger partial charge in [0.25, 0.3) is 0 Å². The van der Waals surface area contributed by atoms with Crippen LogP contribution in [0, 0.1) is 5.92 Å². The number of amides is 1. The van der Waals surface area contributed by atoms with Gasteiger partial charge in [0.1, 0.15) is 6.61 Å². The van der Waals surface area contributed by atoms with Crippen LogP contribution < -0.4 is 0 Å². The van der Waals surface area contributed by atoms with Gasteiger partial charge in [0.2, 0.25) is 0 Å². The number of methoxy groups -OCH3 is 1. The standard InChI is InChI=1S/C17H21NO5/c1-21-17(20)23-15-10-13-8-5-9-14(13)18(15)16(19)22-11-12-6-3-2-4-7-12/h2-4,6-7,13-15H,5,8-11H2,1H3/t13-,14-,15-/m0/s1. The third-order valence-electron chi connectivity index (χ3n) is 4.61. The van der Waals surface area contributed by atoms with Gasteiger partial charge in [-0.05, 0) is 24.3 Å². The molecule has 0 unspecified atom stereocenters. The minimum absolute atomic E-state index is 0.0907. The van der Waals surface area contributed by atoms with Crippen LogP contribution in [0.25, 0.3) is 0 Å². The molecule has 23 heavy (non-hydrogen) atoms. The highest BCUT2D eigenvalue weighted by Gasteiger charge is 2.48. The maximum atomic E-state index is 12.5. The van der Waals surface area contributed by atoms with Crippen molar-refractivity contribution in [1.29, 1.82) is 0 Å². The highest BCUT2D eigenvalue weighted by atomic mass is 16.7. The second-order valence-electron chi connectivity index (χ2n) is 5.97. The molecule has 6 heteroatoms. The topological polar surface area (TPSA) is 65.1 Å². The maximum Gasteiger partial charge on any atom is 0.509 e. The molecule has 0 spiro atoms. The Hall–Kier alpha value is -2.24. The van der Waals surface area contributed by atoms with Gasteiger partial charge in [-0.2, -0.15) is 0 Å². The number of carbonyl (C=O) groups is 2. The van der Waals surface area contributed by atoms with Crippen molar-refractivity contribution in [3.63, 3.8) is 0 Å². The van der Waals surface area contributed by atoms with E-state index < -0.39 is 18.5 Å². The molecule has 1 aromatic carbocycles. The molecule has 6 nitrogen and oxygen atoms in total. The molecule has 0 radical (unpaired) electrons. The van der Waals surface area contributed by atoms with Crippen LogP contribution in [-0.2, 0) is 20.8 Å². The lowest BCUT2D eigenvalue weighted by molar-refractivity contribution is -0.0315. The lowest BCUT2D eigenvalue weighted by Gasteiger charge is -2.28. The quantitative estimate of drug-likeness (QED) is 0.800. The molecule has 2 aliphatic rings. The van der Waals surface area contributed by atoms with E-state index >= 15 is 0 Å². The Morgan fingerprint density at radius 1 is 1.22 bits per heavy atom. The summed E-state index contributed by atoms with van der Waals surface area (Å²) in [6.07, 6.45) is 1.91. The first-order chi connectivity index (χ1) is 11.2. The van der Waals surface area contributed by atoms with E-state index in [1.165, 1.54) is 7.11 Å². The van der Waals surface area contributed by atoms with Gasteiger partial charge >= 0.3 is 12.2 Å². The lowest BCUT2D eigenvalue weighted by atomic mass is 10.0. The second-order valence-corrected chi connectivity index (χ2v) is 5.97. The van der Waals surface area contributed by atoms with E-state index in [2.05, 4.69) is 4.74 Å². The van der Waals surface area contributed by atoms with Gasteiger partial charge < -0.3 is 14.2 Å². The normalized spacial score (nSPS) is 25.8. The second kappa shape index (κ2) is 6.89. The molecule has 1 heterocycles. The van der Waals surface area contributed by atoms with Gasteiger partial charge in [0.15, 0.2) is 6.23 Å². The Morgan fingerprint density at radius 2 is 2.00 bits per heavy atom. The predicted molar refractivity (Wildman–Crippen MR) is 81.5 cm³/mol. The Balaban J connectivity index is 1.66. The highest BCUT2D eigenvalue weighted by molar-refractivity contribution is 5.69. The average molecular weight is 319 g/mol. The van der Waals surface area contributed by atoms with Gasteiger partial charge in [-0.15, -0.1) is 0 Å². The van der Waals surface area contributed by atoms with Gasteiger partial charge in [-0.25, -0.2) is 9.59 Å². The summed E-state index contributed by atoms with van der Waals surface area (Å²) in [6, 6.07) is 9.60. The summed E-state index contributed by atoms with van der Waals surface area (Å²) >= 11 is 0. The third-order valence-corrected chi connectivity index (χ3v) is 4.61. The summed E-state index contributed by atoms with van der Waals surface area (Å²) in [5, 5.41) is 0. The molecule has 1 aromatic rings. The van der Waals surface area contributed by atoms with E-state index in [-0.39, 0.29) is 12.6 Å². The van der Waals surface area contributed by atoms with Crippen molar-refractivity contribution in [1.82, 2.24) is 4.90 Å². The van der Waals surface area contributed by atoms with E-state index in [1.54, 1.807) is 4.90 Å². The van der Waals surface area contributed by atoms with Crippen LogP contribution in [0.15, 0.2) is 30.3 Å².